The summed E-state index contributed by atoms with van der Waals surface area (Å²) in [6.45, 7) is 4.83. The number of hydrogen-bond donors (Lipinski definition) is 4. The highest BCUT2D eigenvalue weighted by Crippen LogP contribution is 2.34. The van der Waals surface area contributed by atoms with Crippen LogP contribution in [0, 0.1) is 29.6 Å². The molecule has 5 heterocycles. The molecule has 13 nitrogen and oxygen atoms in total. The number of amides is 3. The molecule has 256 valence electrons. The minimum Gasteiger partial charge on any atom is -0.465 e. The molecule has 3 unspecified atom stereocenters. The number of alkyl carbamates (subject to hydrolysis) is 1. The zero-order chi connectivity index (χ0) is 35.2. The number of rotatable bonds is 7. The first-order chi connectivity index (χ1) is 24.2. The summed E-state index contributed by atoms with van der Waals surface area (Å²) in [5.74, 6) is 12.9. The number of ether oxygens (including phenoxy) is 1. The van der Waals surface area contributed by atoms with Crippen LogP contribution in [0.15, 0.2) is 55.1 Å². The van der Waals surface area contributed by atoms with Crippen molar-refractivity contribution in [2.24, 2.45) is 5.92 Å². The number of imidazole rings is 2. The summed E-state index contributed by atoms with van der Waals surface area (Å²) in [5.41, 5.74) is 4.74. The van der Waals surface area contributed by atoms with Crippen LogP contribution in [0.4, 0.5) is 9.59 Å². The van der Waals surface area contributed by atoms with Gasteiger partial charge in [0.2, 0.25) is 5.91 Å². The smallest absolute Gasteiger partial charge is 0.407 e. The van der Waals surface area contributed by atoms with Gasteiger partial charge in [-0.2, -0.15) is 0 Å². The second kappa shape index (κ2) is 15.0. The number of carboxylic acid groups (broad SMARTS) is 1. The monoisotopic (exact) mass is 674 g/mol. The van der Waals surface area contributed by atoms with E-state index in [1.807, 2.05) is 44.2 Å². The highest BCUT2D eigenvalue weighted by molar-refractivity contribution is 5.86. The molecule has 2 fully saturated rings. The van der Waals surface area contributed by atoms with Crippen LogP contribution in [0.1, 0.15) is 74.5 Å². The fourth-order valence-corrected chi connectivity index (χ4v) is 6.47. The summed E-state index contributed by atoms with van der Waals surface area (Å²) in [6, 6.07) is 8.48. The molecule has 2 aliphatic heterocycles. The van der Waals surface area contributed by atoms with Crippen molar-refractivity contribution < 1.29 is 24.2 Å². The van der Waals surface area contributed by atoms with Crippen LogP contribution in [0.25, 0.3) is 22.4 Å². The highest BCUT2D eigenvalue weighted by Gasteiger charge is 2.37. The predicted molar refractivity (Wildman–Crippen MR) is 184 cm³/mol. The van der Waals surface area contributed by atoms with Gasteiger partial charge >= 0.3 is 12.2 Å². The van der Waals surface area contributed by atoms with Crippen LogP contribution in [0.2, 0.25) is 0 Å². The van der Waals surface area contributed by atoms with E-state index in [1.54, 1.807) is 29.7 Å². The molecule has 0 radical (unpaired) electrons. The minimum absolute atomic E-state index is 0.125. The number of methoxy groups -OCH3 is 1. The van der Waals surface area contributed by atoms with Gasteiger partial charge in [0.1, 0.15) is 23.4 Å². The maximum Gasteiger partial charge on any atom is 0.407 e. The summed E-state index contributed by atoms with van der Waals surface area (Å²) in [5, 5.41) is 12.1. The lowest BCUT2D eigenvalue weighted by Crippen LogP contribution is -2.51. The van der Waals surface area contributed by atoms with Crippen molar-refractivity contribution in [3.8, 4) is 46.1 Å². The molecule has 6 rings (SSSR count). The van der Waals surface area contributed by atoms with Crippen LogP contribution >= 0.6 is 0 Å². The topological polar surface area (TPSA) is 169 Å². The summed E-state index contributed by atoms with van der Waals surface area (Å²) in [4.78, 5) is 60.2. The number of nitrogens with one attached hydrogen (secondary N) is 3. The number of H-pyrrole nitrogens is 2. The standard InChI is InChI=1S/C37H38N8O5/c1-23(2)32(43-36(47)50-3)35(46)44-17-7-12-30(44)34-40-22-29(42-34)25-15-14-24(28(19-25)26-10-6-16-38-20-26)9-4-5-11-27-21-39-33(41-27)31-13-8-18-45(31)37(48)49/h6,10,14-16,19-23,30-32H,7-8,12-13,17-18H2,1-3H3,(H,39,41)(H,40,42)(H,43,47)(H,48,49). The second-order valence-electron chi connectivity index (χ2n) is 12.5. The largest absolute Gasteiger partial charge is 0.465 e. The van der Waals surface area contributed by atoms with Crippen molar-refractivity contribution >= 4 is 18.1 Å². The molecule has 1 aromatic carbocycles. The van der Waals surface area contributed by atoms with Gasteiger partial charge in [-0.25, -0.2) is 19.6 Å². The van der Waals surface area contributed by atoms with Crippen molar-refractivity contribution in [3.63, 3.8) is 0 Å². The number of carbonyl (C=O) groups is 3. The molecule has 2 aliphatic rings. The zero-order valence-electron chi connectivity index (χ0n) is 28.1. The number of aromatic nitrogens is 5. The Hall–Kier alpha value is -6.08. The Morgan fingerprint density at radius 1 is 0.940 bits per heavy atom. The number of benzene rings is 1. The number of nitrogens with zero attached hydrogens (tertiary/aromatic N) is 5. The molecule has 50 heavy (non-hydrogen) atoms. The number of likely N-dealkylation sites (tertiary alicyclic amines) is 2. The van der Waals surface area contributed by atoms with Crippen LogP contribution < -0.4 is 5.32 Å². The van der Waals surface area contributed by atoms with Crippen LogP contribution in [0.5, 0.6) is 0 Å². The highest BCUT2D eigenvalue weighted by atomic mass is 16.5. The molecular formula is C37H38N8O5. The molecule has 4 aromatic rings. The lowest BCUT2D eigenvalue weighted by molar-refractivity contribution is -0.135. The Morgan fingerprint density at radius 3 is 2.38 bits per heavy atom. The van der Waals surface area contributed by atoms with E-state index in [0.717, 1.165) is 47.2 Å². The van der Waals surface area contributed by atoms with E-state index in [2.05, 4.69) is 53.9 Å². The van der Waals surface area contributed by atoms with Crippen LogP contribution in [0.3, 0.4) is 0 Å². The van der Waals surface area contributed by atoms with E-state index >= 15 is 0 Å². The van der Waals surface area contributed by atoms with Crippen molar-refractivity contribution in [2.45, 2.75) is 57.7 Å². The Bertz CT molecular complexity index is 2000. The van der Waals surface area contributed by atoms with Crippen LogP contribution in [-0.4, -0.2) is 84.2 Å². The van der Waals surface area contributed by atoms with Gasteiger partial charge in [0, 0.05) is 42.2 Å². The second-order valence-corrected chi connectivity index (χ2v) is 12.5. The lowest BCUT2D eigenvalue weighted by atomic mass is 9.97. The summed E-state index contributed by atoms with van der Waals surface area (Å²) in [6.07, 6.45) is 8.34. The zero-order valence-corrected chi connectivity index (χ0v) is 28.1. The van der Waals surface area contributed by atoms with Gasteiger partial charge in [0.15, 0.2) is 0 Å². The molecule has 3 atom stereocenters. The summed E-state index contributed by atoms with van der Waals surface area (Å²) in [7, 11) is 1.28. The van der Waals surface area contributed by atoms with Gasteiger partial charge < -0.3 is 30.0 Å². The maximum absolute atomic E-state index is 13.6. The molecule has 0 bridgehead atoms. The summed E-state index contributed by atoms with van der Waals surface area (Å²) < 4.78 is 4.75. The average Bonchev–Trinajstić information content (AvgIpc) is 3.95. The van der Waals surface area contributed by atoms with E-state index in [0.29, 0.717) is 36.9 Å². The van der Waals surface area contributed by atoms with E-state index in [9.17, 15) is 19.5 Å². The first kappa shape index (κ1) is 33.8. The third kappa shape index (κ3) is 7.32. The average molecular weight is 675 g/mol. The molecule has 13 heteroatoms. The molecule has 2 saturated heterocycles. The lowest BCUT2D eigenvalue weighted by Gasteiger charge is -2.30. The molecule has 3 aromatic heterocycles. The van der Waals surface area contributed by atoms with Gasteiger partial charge in [-0.05, 0) is 73.1 Å². The van der Waals surface area contributed by atoms with E-state index in [-0.39, 0.29) is 23.9 Å². The molecule has 3 amide bonds. The fraction of sp³-hybridized carbons (Fsp3) is 0.351. The Balaban J connectivity index is 1.22. The molecular weight excluding hydrogens is 636 g/mol. The number of hydrogen-bond acceptors (Lipinski definition) is 7. The third-order valence-electron chi connectivity index (χ3n) is 9.01. The van der Waals surface area contributed by atoms with E-state index in [1.165, 1.54) is 12.0 Å². The van der Waals surface area contributed by atoms with Crippen LogP contribution in [-0.2, 0) is 9.53 Å². The Kier molecular flexibility index (Phi) is 10.1. The first-order valence-electron chi connectivity index (χ1n) is 16.5. The SMILES string of the molecule is COC(=O)NC(C(=O)N1CCCC1c1ncc(-c2ccc(C#CC#Cc3cnc(C4CCCN4C(=O)O)[nH]3)c(-c3cccnc3)c2)[nH]1)C(C)C. The fourth-order valence-electron chi connectivity index (χ4n) is 6.47. The van der Waals surface area contributed by atoms with Crippen molar-refractivity contribution in [1.82, 2.24) is 40.0 Å². The number of pyridine rings is 1. The van der Waals surface area contributed by atoms with Crippen molar-refractivity contribution in [2.75, 3.05) is 20.2 Å². The van der Waals surface area contributed by atoms with Gasteiger partial charge in [0.05, 0.1) is 37.3 Å². The quantitative estimate of drug-likeness (QED) is 0.196. The van der Waals surface area contributed by atoms with Gasteiger partial charge in [-0.1, -0.05) is 31.9 Å². The Labute approximate surface area is 289 Å². The van der Waals surface area contributed by atoms with Gasteiger partial charge in [-0.3, -0.25) is 14.7 Å². The van der Waals surface area contributed by atoms with Crippen molar-refractivity contribution in [1.29, 1.82) is 0 Å². The van der Waals surface area contributed by atoms with E-state index < -0.39 is 18.2 Å². The first-order valence-corrected chi connectivity index (χ1v) is 16.5. The summed E-state index contributed by atoms with van der Waals surface area (Å²) >= 11 is 0. The minimum atomic E-state index is -0.954. The predicted octanol–water partition coefficient (Wildman–Crippen LogP) is 5.12. The normalized spacial score (nSPS) is 17.4. The molecule has 0 aliphatic carbocycles. The van der Waals surface area contributed by atoms with Gasteiger partial charge in [0.25, 0.3) is 0 Å². The number of aromatic amines is 2. The van der Waals surface area contributed by atoms with Crippen molar-refractivity contribution in [3.05, 3.63) is 78.0 Å². The van der Waals surface area contributed by atoms with Gasteiger partial charge in [-0.15, -0.1) is 0 Å². The Morgan fingerprint density at radius 2 is 1.66 bits per heavy atom. The third-order valence-corrected chi connectivity index (χ3v) is 9.01. The number of carbonyl (C=O) groups excluding carboxylic acids is 2. The molecule has 0 spiro atoms. The maximum atomic E-state index is 13.6. The molecule has 4 N–H and O–H groups in total. The van der Waals surface area contributed by atoms with E-state index in [4.69, 9.17) is 4.74 Å². The molecule has 0 saturated carbocycles.